The van der Waals surface area contributed by atoms with Crippen LogP contribution in [0.4, 0.5) is 5.69 Å². The summed E-state index contributed by atoms with van der Waals surface area (Å²) in [6.45, 7) is 3.38. The molecule has 10 nitrogen and oxygen atoms in total. The standard InChI is InChI=1S/C20H22N2O8/c1-4-30-17(25)10-15-14(9-16(23)24)19(18(11(2)21-15)20(26)29-3)12-5-7-13(8-6-12)22(27)28/h5-8,18-19H,4,9-10H2,1-3H3,(H,23,24). The molecule has 0 aliphatic carbocycles. The summed E-state index contributed by atoms with van der Waals surface area (Å²) >= 11 is 0. The van der Waals surface area contributed by atoms with E-state index in [0.29, 0.717) is 11.3 Å². The molecule has 1 aliphatic heterocycles. The van der Waals surface area contributed by atoms with Crippen molar-refractivity contribution in [3.63, 3.8) is 0 Å². The fourth-order valence-corrected chi connectivity index (χ4v) is 3.48. The lowest BCUT2D eigenvalue weighted by Gasteiger charge is -2.32. The molecule has 2 atom stereocenters. The molecule has 1 aromatic rings. The molecular weight excluding hydrogens is 396 g/mol. The van der Waals surface area contributed by atoms with E-state index >= 15 is 0 Å². The second-order valence-corrected chi connectivity index (χ2v) is 6.60. The van der Waals surface area contributed by atoms with Crippen molar-refractivity contribution in [1.29, 1.82) is 0 Å². The molecule has 10 heteroatoms. The van der Waals surface area contributed by atoms with Gasteiger partial charge in [-0.25, -0.2) is 0 Å². The number of aliphatic carboxylic acids is 1. The summed E-state index contributed by atoms with van der Waals surface area (Å²) in [5, 5.41) is 20.4. The van der Waals surface area contributed by atoms with Crippen LogP contribution in [0.3, 0.4) is 0 Å². The highest BCUT2D eigenvalue weighted by molar-refractivity contribution is 6.04. The van der Waals surface area contributed by atoms with Crippen LogP contribution in [0, 0.1) is 16.0 Å². The van der Waals surface area contributed by atoms with E-state index in [2.05, 4.69) is 4.99 Å². The van der Waals surface area contributed by atoms with Crippen LogP contribution in [0.25, 0.3) is 0 Å². The second-order valence-electron chi connectivity index (χ2n) is 6.60. The van der Waals surface area contributed by atoms with E-state index in [1.807, 2.05) is 0 Å². The van der Waals surface area contributed by atoms with Crippen LogP contribution in [0.2, 0.25) is 0 Å². The van der Waals surface area contributed by atoms with Gasteiger partial charge in [0.1, 0.15) is 5.92 Å². The molecule has 0 bridgehead atoms. The van der Waals surface area contributed by atoms with Gasteiger partial charge >= 0.3 is 17.9 Å². The van der Waals surface area contributed by atoms with E-state index in [-0.39, 0.29) is 30.0 Å². The highest BCUT2D eigenvalue weighted by Crippen LogP contribution is 2.42. The summed E-state index contributed by atoms with van der Waals surface area (Å²) in [4.78, 5) is 50.9. The lowest BCUT2D eigenvalue weighted by molar-refractivity contribution is -0.384. The molecule has 1 heterocycles. The fraction of sp³-hybridized carbons (Fsp3) is 0.400. The molecule has 0 saturated heterocycles. The van der Waals surface area contributed by atoms with Crippen molar-refractivity contribution in [2.45, 2.75) is 32.6 Å². The molecule has 160 valence electrons. The number of nitrogens with zero attached hydrogens (tertiary/aromatic N) is 2. The zero-order chi connectivity index (χ0) is 22.4. The predicted octanol–water partition coefficient (Wildman–Crippen LogP) is 2.62. The van der Waals surface area contributed by atoms with Crippen molar-refractivity contribution >= 4 is 29.3 Å². The number of carboxylic acids is 1. The van der Waals surface area contributed by atoms with Crippen molar-refractivity contribution < 1.29 is 33.9 Å². The van der Waals surface area contributed by atoms with Crippen LogP contribution < -0.4 is 0 Å². The van der Waals surface area contributed by atoms with Crippen molar-refractivity contribution in [1.82, 2.24) is 0 Å². The Morgan fingerprint density at radius 3 is 2.33 bits per heavy atom. The number of esters is 2. The molecule has 1 aromatic carbocycles. The third-order valence-corrected chi connectivity index (χ3v) is 4.72. The van der Waals surface area contributed by atoms with E-state index < -0.39 is 41.1 Å². The first kappa shape index (κ1) is 22.7. The first-order valence-electron chi connectivity index (χ1n) is 9.16. The van der Waals surface area contributed by atoms with Crippen LogP contribution in [-0.2, 0) is 23.9 Å². The summed E-state index contributed by atoms with van der Waals surface area (Å²) in [6.07, 6.45) is -0.730. The van der Waals surface area contributed by atoms with Crippen LogP contribution >= 0.6 is 0 Å². The van der Waals surface area contributed by atoms with Gasteiger partial charge in [0.2, 0.25) is 0 Å². The number of rotatable bonds is 8. The van der Waals surface area contributed by atoms with Crippen LogP contribution in [-0.4, -0.2) is 47.4 Å². The van der Waals surface area contributed by atoms with Gasteiger partial charge < -0.3 is 14.6 Å². The van der Waals surface area contributed by atoms with E-state index in [9.17, 15) is 29.6 Å². The van der Waals surface area contributed by atoms with Crippen LogP contribution in [0.15, 0.2) is 40.5 Å². The molecule has 0 amide bonds. The number of nitro benzene ring substituents is 1. The Morgan fingerprint density at radius 1 is 1.20 bits per heavy atom. The zero-order valence-electron chi connectivity index (χ0n) is 16.8. The smallest absolute Gasteiger partial charge is 0.315 e. The lowest BCUT2D eigenvalue weighted by atomic mass is 9.74. The quantitative estimate of drug-likeness (QED) is 0.385. The summed E-state index contributed by atoms with van der Waals surface area (Å²) in [6, 6.07) is 5.46. The van der Waals surface area contributed by atoms with Gasteiger partial charge in [-0.3, -0.25) is 29.5 Å². The Balaban J connectivity index is 2.65. The largest absolute Gasteiger partial charge is 0.481 e. The van der Waals surface area contributed by atoms with Gasteiger partial charge in [-0.2, -0.15) is 0 Å². The van der Waals surface area contributed by atoms with Gasteiger partial charge in [-0.1, -0.05) is 12.1 Å². The van der Waals surface area contributed by atoms with Gasteiger partial charge in [0, 0.05) is 23.8 Å². The molecule has 0 aromatic heterocycles. The molecule has 1 aliphatic rings. The Bertz CT molecular complexity index is 917. The minimum atomic E-state index is -1.17. The van der Waals surface area contributed by atoms with Crippen LogP contribution in [0.5, 0.6) is 0 Å². The normalized spacial score (nSPS) is 18.4. The topological polar surface area (TPSA) is 145 Å². The van der Waals surface area contributed by atoms with E-state index in [1.54, 1.807) is 13.8 Å². The van der Waals surface area contributed by atoms with Crippen molar-refractivity contribution in [2.75, 3.05) is 13.7 Å². The Hall–Kier alpha value is -3.56. The van der Waals surface area contributed by atoms with Gasteiger partial charge in [-0.05, 0) is 25.0 Å². The highest BCUT2D eigenvalue weighted by atomic mass is 16.6. The fourth-order valence-electron chi connectivity index (χ4n) is 3.48. The number of hydrogen-bond acceptors (Lipinski definition) is 8. The molecule has 30 heavy (non-hydrogen) atoms. The summed E-state index contributed by atoms with van der Waals surface area (Å²) in [5.74, 6) is -4.12. The maximum absolute atomic E-state index is 12.5. The molecule has 0 spiro atoms. The monoisotopic (exact) mass is 418 g/mol. The number of hydrogen-bond donors (Lipinski definition) is 1. The number of nitro groups is 1. The predicted molar refractivity (Wildman–Crippen MR) is 105 cm³/mol. The maximum atomic E-state index is 12.5. The number of benzene rings is 1. The summed E-state index contributed by atoms with van der Waals surface area (Å²) in [5.41, 5.74) is 1.13. The number of carbonyl (C=O) groups excluding carboxylic acids is 2. The van der Waals surface area contributed by atoms with E-state index in [4.69, 9.17) is 9.47 Å². The van der Waals surface area contributed by atoms with Crippen molar-refractivity contribution in [3.05, 3.63) is 51.2 Å². The second kappa shape index (κ2) is 9.77. The lowest BCUT2D eigenvalue weighted by Crippen LogP contribution is -2.35. The van der Waals surface area contributed by atoms with Crippen molar-refractivity contribution in [3.8, 4) is 0 Å². The third kappa shape index (κ3) is 5.07. The Kier molecular flexibility index (Phi) is 7.40. The molecule has 0 saturated carbocycles. The summed E-state index contributed by atoms with van der Waals surface area (Å²) in [7, 11) is 1.21. The molecule has 0 radical (unpaired) electrons. The van der Waals surface area contributed by atoms with Gasteiger partial charge in [0.15, 0.2) is 0 Å². The van der Waals surface area contributed by atoms with E-state index in [0.717, 1.165) is 0 Å². The number of methoxy groups -OCH3 is 1. The van der Waals surface area contributed by atoms with Gasteiger partial charge in [0.05, 0.1) is 37.2 Å². The van der Waals surface area contributed by atoms with Gasteiger partial charge in [0.25, 0.3) is 5.69 Å². The molecule has 1 N–H and O–H groups in total. The molecule has 2 unspecified atom stereocenters. The minimum absolute atomic E-state index is 0.148. The first-order valence-corrected chi connectivity index (χ1v) is 9.16. The highest BCUT2D eigenvalue weighted by Gasteiger charge is 2.40. The summed E-state index contributed by atoms with van der Waals surface area (Å²) < 4.78 is 9.85. The molecule has 0 fully saturated rings. The molecular formula is C20H22N2O8. The number of ether oxygens (including phenoxy) is 2. The van der Waals surface area contributed by atoms with Gasteiger partial charge in [-0.15, -0.1) is 0 Å². The number of carbonyl (C=O) groups is 3. The van der Waals surface area contributed by atoms with Crippen LogP contribution in [0.1, 0.15) is 38.2 Å². The molecule has 2 rings (SSSR count). The number of non-ortho nitro benzene ring substituents is 1. The van der Waals surface area contributed by atoms with E-state index in [1.165, 1.54) is 31.4 Å². The third-order valence-electron chi connectivity index (χ3n) is 4.72. The average molecular weight is 418 g/mol. The maximum Gasteiger partial charge on any atom is 0.315 e. The minimum Gasteiger partial charge on any atom is -0.481 e. The Morgan fingerprint density at radius 2 is 1.83 bits per heavy atom. The Labute approximate surface area is 172 Å². The number of aliphatic imine (C=N–C) groups is 1. The average Bonchev–Trinajstić information content (AvgIpc) is 2.69. The van der Waals surface area contributed by atoms with Crippen molar-refractivity contribution in [2.24, 2.45) is 10.9 Å². The first-order chi connectivity index (χ1) is 14.2. The number of carboxylic acid groups (broad SMARTS) is 1. The zero-order valence-corrected chi connectivity index (χ0v) is 16.8. The SMILES string of the molecule is CCOC(=O)CC1=C(CC(=O)O)C(c2ccc([N+](=O)[O-])cc2)C(C(=O)OC)C(C)=N1.